The van der Waals surface area contributed by atoms with Gasteiger partial charge in [0.15, 0.2) is 8.68 Å². The molecule has 122 valence electrons. The van der Waals surface area contributed by atoms with Crippen LogP contribution in [0.2, 0.25) is 4.47 Å². The zero-order chi connectivity index (χ0) is 15.7. The van der Waals surface area contributed by atoms with Gasteiger partial charge in [0.25, 0.3) is 10.0 Å². The second-order valence-electron chi connectivity index (χ2n) is 5.21. The van der Waals surface area contributed by atoms with Crippen molar-refractivity contribution in [2.24, 2.45) is 0 Å². The van der Waals surface area contributed by atoms with Crippen molar-refractivity contribution in [1.29, 1.82) is 0 Å². The summed E-state index contributed by atoms with van der Waals surface area (Å²) in [5.41, 5.74) is 0.466. The SMILES string of the molecule is CCCCCCCCCCNS(=O)(=O)c1sc(Cl)nc1C. The molecular formula is C14H25ClN2O2S2. The van der Waals surface area contributed by atoms with Gasteiger partial charge in [0, 0.05) is 6.54 Å². The summed E-state index contributed by atoms with van der Waals surface area (Å²) in [7, 11) is -3.45. The van der Waals surface area contributed by atoms with Crippen LogP contribution in [-0.4, -0.2) is 19.9 Å². The van der Waals surface area contributed by atoms with Gasteiger partial charge in [-0.1, -0.05) is 74.8 Å². The number of nitrogens with one attached hydrogen (secondary N) is 1. The van der Waals surface area contributed by atoms with Crippen molar-refractivity contribution >= 4 is 33.0 Å². The molecule has 0 fully saturated rings. The molecule has 0 saturated heterocycles. The van der Waals surface area contributed by atoms with E-state index in [1.54, 1.807) is 6.92 Å². The highest BCUT2D eigenvalue weighted by molar-refractivity contribution is 7.91. The van der Waals surface area contributed by atoms with E-state index in [1.807, 2.05) is 0 Å². The van der Waals surface area contributed by atoms with E-state index in [1.165, 1.54) is 38.5 Å². The second kappa shape index (κ2) is 9.77. The van der Waals surface area contributed by atoms with E-state index in [2.05, 4.69) is 16.6 Å². The lowest BCUT2D eigenvalue weighted by atomic mass is 10.1. The third kappa shape index (κ3) is 7.08. The fraction of sp³-hybridized carbons (Fsp3) is 0.786. The molecule has 0 atom stereocenters. The van der Waals surface area contributed by atoms with Gasteiger partial charge in [0.1, 0.15) is 0 Å². The highest BCUT2D eigenvalue weighted by atomic mass is 35.5. The Morgan fingerprint density at radius 3 is 2.19 bits per heavy atom. The Balaban J connectivity index is 2.19. The second-order valence-corrected chi connectivity index (χ2v) is 8.76. The number of hydrogen-bond acceptors (Lipinski definition) is 4. The predicted octanol–water partition coefficient (Wildman–Crippen LogP) is 4.52. The third-order valence-electron chi connectivity index (χ3n) is 3.29. The molecule has 0 aliphatic heterocycles. The van der Waals surface area contributed by atoms with Crippen LogP contribution in [0.15, 0.2) is 4.21 Å². The Kier molecular flexibility index (Phi) is 8.78. The maximum absolute atomic E-state index is 12.1. The van der Waals surface area contributed by atoms with Crippen molar-refractivity contribution in [2.45, 2.75) is 69.4 Å². The number of aromatic nitrogens is 1. The van der Waals surface area contributed by atoms with E-state index in [0.29, 0.717) is 12.2 Å². The lowest BCUT2D eigenvalue weighted by Crippen LogP contribution is -2.24. The minimum Gasteiger partial charge on any atom is -0.229 e. The van der Waals surface area contributed by atoms with Gasteiger partial charge in [0.05, 0.1) is 5.69 Å². The van der Waals surface area contributed by atoms with E-state index in [-0.39, 0.29) is 8.68 Å². The molecular weight excluding hydrogens is 328 g/mol. The van der Waals surface area contributed by atoms with Crippen LogP contribution >= 0.6 is 22.9 Å². The summed E-state index contributed by atoms with van der Waals surface area (Å²) >= 11 is 6.75. The Bertz CT molecular complexity index is 515. The van der Waals surface area contributed by atoms with Crippen molar-refractivity contribution in [3.05, 3.63) is 10.2 Å². The van der Waals surface area contributed by atoms with Gasteiger partial charge >= 0.3 is 0 Å². The predicted molar refractivity (Wildman–Crippen MR) is 89.7 cm³/mol. The monoisotopic (exact) mass is 352 g/mol. The van der Waals surface area contributed by atoms with Crippen molar-refractivity contribution in [3.63, 3.8) is 0 Å². The molecule has 0 aliphatic rings. The van der Waals surface area contributed by atoms with Crippen molar-refractivity contribution in [2.75, 3.05) is 6.54 Å². The molecule has 1 rings (SSSR count). The standard InChI is InChI=1S/C14H25ClN2O2S2/c1-3-4-5-6-7-8-9-10-11-16-21(18,19)13-12(2)17-14(15)20-13/h16H,3-11H2,1-2H3. The quantitative estimate of drug-likeness (QED) is 0.595. The first-order valence-electron chi connectivity index (χ1n) is 7.60. The molecule has 4 nitrogen and oxygen atoms in total. The van der Waals surface area contributed by atoms with Crippen molar-refractivity contribution in [3.8, 4) is 0 Å². The fourth-order valence-corrected chi connectivity index (χ4v) is 4.99. The van der Waals surface area contributed by atoms with Crippen molar-refractivity contribution < 1.29 is 8.42 Å². The first kappa shape index (κ1) is 18.9. The molecule has 0 saturated carbocycles. The topological polar surface area (TPSA) is 59.1 Å². The van der Waals surface area contributed by atoms with E-state index < -0.39 is 10.0 Å². The highest BCUT2D eigenvalue weighted by Gasteiger charge is 2.20. The number of halogens is 1. The smallest absolute Gasteiger partial charge is 0.229 e. The van der Waals surface area contributed by atoms with Crippen LogP contribution < -0.4 is 4.72 Å². The number of sulfonamides is 1. The summed E-state index contributed by atoms with van der Waals surface area (Å²) in [6.45, 7) is 4.35. The molecule has 0 aliphatic carbocycles. The largest absolute Gasteiger partial charge is 0.251 e. The number of unbranched alkanes of at least 4 members (excludes halogenated alkanes) is 7. The molecule has 1 aromatic heterocycles. The molecule has 0 spiro atoms. The zero-order valence-electron chi connectivity index (χ0n) is 12.8. The minimum atomic E-state index is -3.45. The summed E-state index contributed by atoms with van der Waals surface area (Å²) in [4.78, 5) is 3.94. The summed E-state index contributed by atoms with van der Waals surface area (Å²) in [6, 6.07) is 0. The first-order valence-corrected chi connectivity index (χ1v) is 10.3. The molecule has 0 aromatic carbocycles. The molecule has 0 bridgehead atoms. The van der Waals surface area contributed by atoms with Crippen LogP contribution in [0.1, 0.15) is 64.0 Å². The van der Waals surface area contributed by atoms with E-state index in [0.717, 1.165) is 24.2 Å². The van der Waals surface area contributed by atoms with Crippen LogP contribution in [0.4, 0.5) is 0 Å². The molecule has 21 heavy (non-hydrogen) atoms. The van der Waals surface area contributed by atoms with Crippen LogP contribution in [0.25, 0.3) is 0 Å². The first-order chi connectivity index (χ1) is 9.97. The van der Waals surface area contributed by atoms with Gasteiger partial charge in [-0.05, 0) is 13.3 Å². The van der Waals surface area contributed by atoms with E-state index in [9.17, 15) is 8.42 Å². The lowest BCUT2D eigenvalue weighted by molar-refractivity contribution is 0.559. The molecule has 0 amide bonds. The van der Waals surface area contributed by atoms with Gasteiger partial charge in [-0.25, -0.2) is 18.1 Å². The van der Waals surface area contributed by atoms with Gasteiger partial charge in [0.2, 0.25) is 0 Å². The summed E-state index contributed by atoms with van der Waals surface area (Å²) in [5, 5.41) is 0. The maximum Gasteiger partial charge on any atom is 0.251 e. The Labute approximate surface area is 137 Å². The van der Waals surface area contributed by atoms with Gasteiger partial charge < -0.3 is 0 Å². The molecule has 0 unspecified atom stereocenters. The average Bonchev–Trinajstić information content (AvgIpc) is 2.77. The summed E-state index contributed by atoms with van der Waals surface area (Å²) < 4.78 is 27.3. The molecule has 1 N–H and O–H groups in total. The third-order valence-corrected chi connectivity index (χ3v) is 6.63. The normalized spacial score (nSPS) is 12.0. The molecule has 1 aromatic rings. The van der Waals surface area contributed by atoms with Gasteiger partial charge in [-0.3, -0.25) is 0 Å². The lowest BCUT2D eigenvalue weighted by Gasteiger charge is -2.05. The molecule has 0 radical (unpaired) electrons. The number of aryl methyl sites for hydroxylation is 1. The highest BCUT2D eigenvalue weighted by Crippen LogP contribution is 2.26. The Hall–Kier alpha value is -0.170. The Morgan fingerprint density at radius 1 is 1.10 bits per heavy atom. The maximum atomic E-state index is 12.1. The van der Waals surface area contributed by atoms with Crippen LogP contribution in [0.5, 0.6) is 0 Å². The average molecular weight is 353 g/mol. The Morgan fingerprint density at radius 2 is 1.67 bits per heavy atom. The number of hydrogen-bond donors (Lipinski definition) is 1. The van der Waals surface area contributed by atoms with Crippen molar-refractivity contribution in [1.82, 2.24) is 9.71 Å². The number of nitrogens with zero attached hydrogens (tertiary/aromatic N) is 1. The summed E-state index contributed by atoms with van der Waals surface area (Å²) in [6.07, 6.45) is 9.55. The molecule has 7 heteroatoms. The number of rotatable bonds is 11. The van der Waals surface area contributed by atoms with Crippen LogP contribution in [-0.2, 0) is 10.0 Å². The number of thiazole rings is 1. The zero-order valence-corrected chi connectivity index (χ0v) is 15.2. The molecule has 1 heterocycles. The van der Waals surface area contributed by atoms with Gasteiger partial charge in [-0.2, -0.15) is 0 Å². The summed E-state index contributed by atoms with van der Waals surface area (Å²) in [5.74, 6) is 0. The van der Waals surface area contributed by atoms with Crippen LogP contribution in [0.3, 0.4) is 0 Å². The van der Waals surface area contributed by atoms with Gasteiger partial charge in [-0.15, -0.1) is 0 Å². The van der Waals surface area contributed by atoms with E-state index in [4.69, 9.17) is 11.6 Å². The van der Waals surface area contributed by atoms with Crippen LogP contribution in [0, 0.1) is 6.92 Å². The minimum absolute atomic E-state index is 0.229. The van der Waals surface area contributed by atoms with E-state index >= 15 is 0 Å². The fourth-order valence-electron chi connectivity index (χ4n) is 2.13.